The summed E-state index contributed by atoms with van der Waals surface area (Å²) in [6.07, 6.45) is 1.76. The molecule has 0 N–H and O–H groups in total. The lowest BCUT2D eigenvalue weighted by molar-refractivity contribution is -0.113. The van der Waals surface area contributed by atoms with Gasteiger partial charge in [0.2, 0.25) is 0 Å². The van der Waals surface area contributed by atoms with Gasteiger partial charge in [-0.1, -0.05) is 36.4 Å². The number of carbonyl (C=O) groups excluding carboxylic acids is 1. The second-order valence-electron chi connectivity index (χ2n) is 4.91. The Morgan fingerprint density at radius 3 is 2.45 bits per heavy atom. The fourth-order valence-electron chi connectivity index (χ4n) is 2.44. The van der Waals surface area contributed by atoms with E-state index >= 15 is 0 Å². The molecule has 0 spiro atoms. The average Bonchev–Trinajstić information content (AvgIpc) is 2.83. The third kappa shape index (κ3) is 2.51. The van der Waals surface area contributed by atoms with Crippen LogP contribution in [0.5, 0.6) is 5.75 Å². The first-order chi connectivity index (χ1) is 10.7. The van der Waals surface area contributed by atoms with Crippen molar-refractivity contribution < 1.29 is 9.53 Å². The van der Waals surface area contributed by atoms with E-state index in [-0.39, 0.29) is 5.91 Å². The molecule has 2 aromatic carbocycles. The van der Waals surface area contributed by atoms with Crippen molar-refractivity contribution >= 4 is 23.5 Å². The third-order valence-electron chi connectivity index (χ3n) is 3.47. The van der Waals surface area contributed by atoms with Crippen LogP contribution in [0.1, 0.15) is 12.5 Å². The summed E-state index contributed by atoms with van der Waals surface area (Å²) in [5, 5.41) is 0. The normalized spacial score (nSPS) is 16.1. The van der Waals surface area contributed by atoms with Gasteiger partial charge in [0.1, 0.15) is 17.3 Å². The van der Waals surface area contributed by atoms with Crippen LogP contribution in [0.15, 0.2) is 65.3 Å². The molecular weight excluding hydrogens is 276 g/mol. The van der Waals surface area contributed by atoms with E-state index < -0.39 is 0 Å². The standard InChI is InChI=1S/C18H16N2O2/c1-13-19-16(12-14-8-6-7-11-17(14)22-2)18(21)20(13)15-9-4-3-5-10-15/h3-12H,1-2H3/b16-12-. The van der Waals surface area contributed by atoms with Gasteiger partial charge >= 0.3 is 0 Å². The third-order valence-corrected chi connectivity index (χ3v) is 3.47. The van der Waals surface area contributed by atoms with Gasteiger partial charge in [-0.05, 0) is 31.2 Å². The highest BCUT2D eigenvalue weighted by atomic mass is 16.5. The lowest BCUT2D eigenvalue weighted by Gasteiger charge is -2.15. The zero-order chi connectivity index (χ0) is 15.5. The van der Waals surface area contributed by atoms with Crippen molar-refractivity contribution in [1.29, 1.82) is 0 Å². The number of hydrogen-bond acceptors (Lipinski definition) is 3. The Morgan fingerprint density at radius 2 is 1.73 bits per heavy atom. The molecule has 0 unspecified atom stereocenters. The zero-order valence-electron chi connectivity index (χ0n) is 12.5. The van der Waals surface area contributed by atoms with Gasteiger partial charge in [0.15, 0.2) is 0 Å². The first kappa shape index (κ1) is 14.1. The molecule has 0 bridgehead atoms. The quantitative estimate of drug-likeness (QED) is 0.812. The summed E-state index contributed by atoms with van der Waals surface area (Å²) in [5.74, 6) is 1.25. The monoisotopic (exact) mass is 292 g/mol. The number of carbonyl (C=O) groups is 1. The number of aliphatic imine (C=N–C) groups is 1. The molecule has 4 heteroatoms. The fourth-order valence-corrected chi connectivity index (χ4v) is 2.44. The molecule has 22 heavy (non-hydrogen) atoms. The largest absolute Gasteiger partial charge is 0.496 e. The van der Waals surface area contributed by atoms with Crippen LogP contribution in [-0.4, -0.2) is 18.9 Å². The number of para-hydroxylation sites is 2. The average molecular weight is 292 g/mol. The van der Waals surface area contributed by atoms with Crippen molar-refractivity contribution in [2.45, 2.75) is 6.92 Å². The molecule has 1 aliphatic heterocycles. The molecular formula is C18H16N2O2. The maximum Gasteiger partial charge on any atom is 0.282 e. The van der Waals surface area contributed by atoms with Crippen LogP contribution in [0.3, 0.4) is 0 Å². The van der Waals surface area contributed by atoms with Gasteiger partial charge in [-0.15, -0.1) is 0 Å². The van der Waals surface area contributed by atoms with E-state index in [1.807, 2.05) is 61.5 Å². The molecule has 1 aliphatic rings. The lowest BCUT2D eigenvalue weighted by Crippen LogP contribution is -2.30. The Labute approximate surface area is 129 Å². The fraction of sp³-hybridized carbons (Fsp3) is 0.111. The minimum absolute atomic E-state index is 0.130. The van der Waals surface area contributed by atoms with Crippen LogP contribution in [0, 0.1) is 0 Å². The number of hydrogen-bond donors (Lipinski definition) is 0. The predicted octanol–water partition coefficient (Wildman–Crippen LogP) is 3.50. The Kier molecular flexibility index (Phi) is 3.74. The number of anilines is 1. The number of nitrogens with zero attached hydrogens (tertiary/aromatic N) is 2. The highest BCUT2D eigenvalue weighted by Crippen LogP contribution is 2.27. The number of amides is 1. The van der Waals surface area contributed by atoms with E-state index in [4.69, 9.17) is 4.74 Å². The highest BCUT2D eigenvalue weighted by Gasteiger charge is 2.28. The summed E-state index contributed by atoms with van der Waals surface area (Å²) >= 11 is 0. The summed E-state index contributed by atoms with van der Waals surface area (Å²) in [4.78, 5) is 18.6. The molecule has 1 heterocycles. The van der Waals surface area contributed by atoms with Crippen molar-refractivity contribution in [2.75, 3.05) is 12.0 Å². The van der Waals surface area contributed by atoms with E-state index in [0.29, 0.717) is 17.3 Å². The number of rotatable bonds is 3. The lowest BCUT2D eigenvalue weighted by atomic mass is 10.1. The minimum Gasteiger partial charge on any atom is -0.496 e. The van der Waals surface area contributed by atoms with Crippen LogP contribution in [0.2, 0.25) is 0 Å². The molecule has 3 rings (SSSR count). The Morgan fingerprint density at radius 1 is 1.05 bits per heavy atom. The number of benzene rings is 2. The van der Waals surface area contributed by atoms with Crippen molar-refractivity contribution in [3.63, 3.8) is 0 Å². The van der Waals surface area contributed by atoms with Crippen LogP contribution < -0.4 is 9.64 Å². The Balaban J connectivity index is 1.98. The van der Waals surface area contributed by atoms with E-state index in [1.165, 1.54) is 0 Å². The first-order valence-electron chi connectivity index (χ1n) is 7.00. The molecule has 0 fully saturated rings. The van der Waals surface area contributed by atoms with Gasteiger partial charge in [-0.25, -0.2) is 4.99 Å². The summed E-state index contributed by atoms with van der Waals surface area (Å²) < 4.78 is 5.31. The van der Waals surface area contributed by atoms with E-state index in [9.17, 15) is 4.79 Å². The maximum absolute atomic E-state index is 12.6. The summed E-state index contributed by atoms with van der Waals surface area (Å²) in [7, 11) is 1.61. The van der Waals surface area contributed by atoms with Crippen LogP contribution in [0.4, 0.5) is 5.69 Å². The number of ether oxygens (including phenoxy) is 1. The van der Waals surface area contributed by atoms with Gasteiger partial charge in [0.25, 0.3) is 5.91 Å². The van der Waals surface area contributed by atoms with Crippen molar-refractivity contribution in [1.82, 2.24) is 0 Å². The summed E-state index contributed by atoms with van der Waals surface area (Å²) in [6, 6.07) is 17.1. The molecule has 0 saturated heterocycles. The number of methoxy groups -OCH3 is 1. The minimum atomic E-state index is -0.130. The van der Waals surface area contributed by atoms with Crippen LogP contribution in [0.25, 0.3) is 6.08 Å². The molecule has 0 aromatic heterocycles. The predicted molar refractivity (Wildman–Crippen MR) is 88.0 cm³/mol. The molecule has 0 saturated carbocycles. The molecule has 0 radical (unpaired) electrons. The second kappa shape index (κ2) is 5.85. The molecule has 4 nitrogen and oxygen atoms in total. The molecule has 2 aromatic rings. The SMILES string of the molecule is COc1ccccc1/C=C1\N=C(C)N(c2ccccc2)C1=O. The number of amidine groups is 1. The van der Waals surface area contributed by atoms with E-state index in [0.717, 1.165) is 11.3 Å². The summed E-state index contributed by atoms with van der Waals surface area (Å²) in [5.41, 5.74) is 2.06. The van der Waals surface area contributed by atoms with Gasteiger partial charge in [-0.3, -0.25) is 9.69 Å². The van der Waals surface area contributed by atoms with Gasteiger partial charge in [0, 0.05) is 5.56 Å². The molecule has 0 atom stereocenters. The first-order valence-corrected chi connectivity index (χ1v) is 7.00. The Bertz CT molecular complexity index is 764. The zero-order valence-corrected chi connectivity index (χ0v) is 12.5. The van der Waals surface area contributed by atoms with Gasteiger partial charge in [-0.2, -0.15) is 0 Å². The topological polar surface area (TPSA) is 41.9 Å². The highest BCUT2D eigenvalue weighted by molar-refractivity contribution is 6.28. The van der Waals surface area contributed by atoms with Gasteiger partial charge < -0.3 is 4.74 Å². The molecule has 1 amide bonds. The maximum atomic E-state index is 12.6. The smallest absolute Gasteiger partial charge is 0.282 e. The van der Waals surface area contributed by atoms with Gasteiger partial charge in [0.05, 0.1) is 12.8 Å². The van der Waals surface area contributed by atoms with E-state index in [2.05, 4.69) is 4.99 Å². The molecule has 0 aliphatic carbocycles. The van der Waals surface area contributed by atoms with Crippen molar-refractivity contribution in [3.8, 4) is 5.75 Å². The van der Waals surface area contributed by atoms with Crippen LogP contribution in [-0.2, 0) is 4.79 Å². The second-order valence-corrected chi connectivity index (χ2v) is 4.91. The molecule has 110 valence electrons. The Hall–Kier alpha value is -2.88. The van der Waals surface area contributed by atoms with Crippen molar-refractivity contribution in [2.24, 2.45) is 4.99 Å². The summed E-state index contributed by atoms with van der Waals surface area (Å²) in [6.45, 7) is 1.83. The van der Waals surface area contributed by atoms with Crippen molar-refractivity contribution in [3.05, 3.63) is 65.9 Å². The van der Waals surface area contributed by atoms with Crippen LogP contribution >= 0.6 is 0 Å². The van der Waals surface area contributed by atoms with E-state index in [1.54, 1.807) is 18.1 Å².